The summed E-state index contributed by atoms with van der Waals surface area (Å²) in [5, 5.41) is 15.2. The fourth-order valence-electron chi connectivity index (χ4n) is 0.448. The molecule has 2 N–H and O–H groups in total. The molecule has 13 heavy (non-hydrogen) atoms. The molecule has 0 radical (unpaired) electrons. The second kappa shape index (κ2) is 9.71. The minimum absolute atomic E-state index is 0.125. The first-order valence-electron chi connectivity index (χ1n) is 4.38. The van der Waals surface area contributed by atoms with E-state index in [2.05, 4.69) is 27.4 Å². The number of hydrogen-bond donors (Lipinski definition) is 2. The lowest BCUT2D eigenvalue weighted by Crippen LogP contribution is -2.14. The third-order valence-electron chi connectivity index (χ3n) is 0.871. The van der Waals surface area contributed by atoms with Gasteiger partial charge in [-0.3, -0.25) is 0 Å². The van der Waals surface area contributed by atoms with E-state index >= 15 is 0 Å². The zero-order chi connectivity index (χ0) is 10.7. The molecule has 0 fully saturated rings. The van der Waals surface area contributed by atoms with Crippen LogP contribution in [0.2, 0.25) is 0 Å². The topological polar surface area (TPSA) is 49.7 Å². The van der Waals surface area contributed by atoms with E-state index in [0.717, 1.165) is 6.61 Å². The molecule has 3 nitrogen and oxygen atoms in total. The SMILES string of the molecule is C=CCOCC(C)(C)C.OCCO. The van der Waals surface area contributed by atoms with Crippen LogP contribution in [0.3, 0.4) is 0 Å². The third-order valence-corrected chi connectivity index (χ3v) is 0.871. The molecule has 0 saturated heterocycles. The van der Waals surface area contributed by atoms with Crippen LogP contribution < -0.4 is 0 Å². The molecule has 0 aromatic carbocycles. The molecule has 0 unspecified atom stereocenters. The molecule has 0 aliphatic rings. The average molecular weight is 190 g/mol. The van der Waals surface area contributed by atoms with E-state index < -0.39 is 0 Å². The lowest BCUT2D eigenvalue weighted by Gasteiger charge is -2.16. The van der Waals surface area contributed by atoms with Crippen molar-refractivity contribution in [2.45, 2.75) is 20.8 Å². The van der Waals surface area contributed by atoms with Gasteiger partial charge in [-0.1, -0.05) is 26.8 Å². The van der Waals surface area contributed by atoms with Gasteiger partial charge in [-0.25, -0.2) is 0 Å². The predicted octanol–water partition coefficient (Wildman–Crippen LogP) is 1.21. The smallest absolute Gasteiger partial charge is 0.0662 e. The van der Waals surface area contributed by atoms with Gasteiger partial charge in [-0.15, -0.1) is 6.58 Å². The van der Waals surface area contributed by atoms with E-state index in [1.165, 1.54) is 0 Å². The van der Waals surface area contributed by atoms with Gasteiger partial charge in [-0.2, -0.15) is 0 Å². The Morgan fingerprint density at radius 1 is 1.23 bits per heavy atom. The molecule has 80 valence electrons. The summed E-state index contributed by atoms with van der Waals surface area (Å²) < 4.78 is 5.23. The summed E-state index contributed by atoms with van der Waals surface area (Å²) in [7, 11) is 0. The molecule has 0 rings (SSSR count). The summed E-state index contributed by atoms with van der Waals surface area (Å²) in [6.45, 7) is 11.2. The van der Waals surface area contributed by atoms with Crippen molar-refractivity contribution in [1.82, 2.24) is 0 Å². The van der Waals surface area contributed by atoms with Crippen LogP contribution in [0.25, 0.3) is 0 Å². The molecule has 0 spiro atoms. The largest absolute Gasteiger partial charge is 0.394 e. The van der Waals surface area contributed by atoms with Crippen LogP contribution in [-0.4, -0.2) is 36.6 Å². The van der Waals surface area contributed by atoms with Crippen LogP contribution in [0.5, 0.6) is 0 Å². The Balaban J connectivity index is 0. The van der Waals surface area contributed by atoms with E-state index in [9.17, 15) is 0 Å². The van der Waals surface area contributed by atoms with Crippen molar-refractivity contribution in [3.8, 4) is 0 Å². The van der Waals surface area contributed by atoms with Gasteiger partial charge >= 0.3 is 0 Å². The minimum atomic E-state index is -0.125. The molecule has 0 aromatic rings. The molecule has 0 saturated carbocycles. The highest BCUT2D eigenvalue weighted by molar-refractivity contribution is 4.66. The standard InChI is InChI=1S/C8H16O.C2H6O2/c1-5-6-9-7-8(2,3)4;3-1-2-4/h5H,1,6-7H2,2-4H3;3-4H,1-2H2. The van der Waals surface area contributed by atoms with Crippen LogP contribution in [-0.2, 0) is 4.74 Å². The van der Waals surface area contributed by atoms with Gasteiger partial charge in [0.2, 0.25) is 0 Å². The summed E-state index contributed by atoms with van der Waals surface area (Å²) in [5.41, 5.74) is 0.281. The Morgan fingerprint density at radius 2 is 1.69 bits per heavy atom. The zero-order valence-electron chi connectivity index (χ0n) is 8.92. The summed E-state index contributed by atoms with van der Waals surface area (Å²) in [6.07, 6.45) is 1.77. The molecule has 0 amide bonds. The number of ether oxygens (including phenoxy) is 1. The summed E-state index contributed by atoms with van der Waals surface area (Å²) in [6, 6.07) is 0. The predicted molar refractivity (Wildman–Crippen MR) is 54.6 cm³/mol. The highest BCUT2D eigenvalue weighted by Gasteiger charge is 2.08. The number of aliphatic hydroxyl groups excluding tert-OH is 2. The second-order valence-corrected chi connectivity index (χ2v) is 3.81. The van der Waals surface area contributed by atoms with Crippen molar-refractivity contribution in [3.63, 3.8) is 0 Å². The van der Waals surface area contributed by atoms with E-state index in [4.69, 9.17) is 14.9 Å². The molecule has 3 heteroatoms. The van der Waals surface area contributed by atoms with Crippen molar-refractivity contribution >= 4 is 0 Å². The van der Waals surface area contributed by atoms with Crippen LogP contribution >= 0.6 is 0 Å². The summed E-state index contributed by atoms with van der Waals surface area (Å²) in [4.78, 5) is 0. The Labute approximate surface area is 81.0 Å². The molecule has 0 atom stereocenters. The zero-order valence-corrected chi connectivity index (χ0v) is 8.92. The minimum Gasteiger partial charge on any atom is -0.394 e. The maximum atomic E-state index is 7.62. The van der Waals surface area contributed by atoms with Crippen LogP contribution in [0.4, 0.5) is 0 Å². The maximum Gasteiger partial charge on any atom is 0.0662 e. The molecule has 0 aliphatic heterocycles. The van der Waals surface area contributed by atoms with E-state index in [0.29, 0.717) is 6.61 Å². The first-order valence-corrected chi connectivity index (χ1v) is 4.38. The Kier molecular flexibility index (Phi) is 11.3. The average Bonchev–Trinajstić information content (AvgIpc) is 2.03. The highest BCUT2D eigenvalue weighted by atomic mass is 16.5. The Morgan fingerprint density at radius 3 is 1.92 bits per heavy atom. The van der Waals surface area contributed by atoms with Crippen LogP contribution in [0.15, 0.2) is 12.7 Å². The van der Waals surface area contributed by atoms with Gasteiger partial charge in [0, 0.05) is 0 Å². The van der Waals surface area contributed by atoms with Crippen molar-refractivity contribution < 1.29 is 14.9 Å². The number of aliphatic hydroxyl groups is 2. The molecule has 0 heterocycles. The van der Waals surface area contributed by atoms with E-state index in [-0.39, 0.29) is 18.6 Å². The third kappa shape index (κ3) is 24.5. The Bertz CT molecular complexity index is 103. The van der Waals surface area contributed by atoms with Crippen molar-refractivity contribution in [2.24, 2.45) is 5.41 Å². The Hall–Kier alpha value is -0.380. The maximum absolute atomic E-state index is 7.62. The van der Waals surface area contributed by atoms with Gasteiger partial charge in [0.15, 0.2) is 0 Å². The molecule has 0 aliphatic carbocycles. The first kappa shape index (κ1) is 15.1. The normalized spacial score (nSPS) is 10.2. The first-order chi connectivity index (χ1) is 5.97. The van der Waals surface area contributed by atoms with Crippen LogP contribution in [0.1, 0.15) is 20.8 Å². The second-order valence-electron chi connectivity index (χ2n) is 3.81. The molecule has 0 bridgehead atoms. The molecule has 0 aromatic heterocycles. The lowest BCUT2D eigenvalue weighted by atomic mass is 9.99. The van der Waals surface area contributed by atoms with Gasteiger partial charge in [0.05, 0.1) is 26.4 Å². The number of rotatable bonds is 4. The van der Waals surface area contributed by atoms with E-state index in [1.807, 2.05) is 0 Å². The fourth-order valence-corrected chi connectivity index (χ4v) is 0.448. The summed E-state index contributed by atoms with van der Waals surface area (Å²) >= 11 is 0. The fraction of sp³-hybridized carbons (Fsp3) is 0.800. The molecular weight excluding hydrogens is 168 g/mol. The van der Waals surface area contributed by atoms with Crippen molar-refractivity contribution in [2.75, 3.05) is 26.4 Å². The van der Waals surface area contributed by atoms with Gasteiger partial charge in [0.25, 0.3) is 0 Å². The van der Waals surface area contributed by atoms with Crippen molar-refractivity contribution in [1.29, 1.82) is 0 Å². The summed E-state index contributed by atoms with van der Waals surface area (Å²) in [5.74, 6) is 0. The highest BCUT2D eigenvalue weighted by Crippen LogP contribution is 2.12. The molecular formula is C10H22O3. The van der Waals surface area contributed by atoms with Crippen molar-refractivity contribution in [3.05, 3.63) is 12.7 Å². The van der Waals surface area contributed by atoms with Gasteiger partial charge in [-0.05, 0) is 5.41 Å². The van der Waals surface area contributed by atoms with Gasteiger partial charge in [0.1, 0.15) is 0 Å². The number of hydrogen-bond acceptors (Lipinski definition) is 3. The van der Waals surface area contributed by atoms with Gasteiger partial charge < -0.3 is 14.9 Å². The quantitative estimate of drug-likeness (QED) is 0.517. The van der Waals surface area contributed by atoms with E-state index in [1.54, 1.807) is 6.08 Å². The lowest BCUT2D eigenvalue weighted by molar-refractivity contribution is 0.0911. The van der Waals surface area contributed by atoms with Crippen LogP contribution in [0, 0.1) is 5.41 Å². The monoisotopic (exact) mass is 190 g/mol.